The zero-order chi connectivity index (χ0) is 13.4. The molecular weight excluding hydrogens is 230 g/mol. The molecule has 1 aliphatic carbocycles. The van der Waals surface area contributed by atoms with E-state index in [4.69, 9.17) is 0 Å². The second-order valence-electron chi connectivity index (χ2n) is 5.51. The minimum Gasteiger partial charge on any atom is -0.368 e. The molecule has 1 aliphatic heterocycles. The van der Waals surface area contributed by atoms with Crippen LogP contribution in [0.2, 0.25) is 0 Å². The third-order valence-electron chi connectivity index (χ3n) is 3.72. The Morgan fingerprint density at radius 2 is 0.632 bits per heavy atom. The van der Waals surface area contributed by atoms with Crippen molar-refractivity contribution in [2.45, 2.75) is 77.0 Å². The van der Waals surface area contributed by atoms with Crippen molar-refractivity contribution >= 4 is 0 Å². The predicted molar refractivity (Wildman–Crippen MR) is 86.0 cm³/mol. The quantitative estimate of drug-likeness (QED) is 0.576. The molecule has 1 nitrogen and oxygen atoms in total. The molecule has 108 valence electrons. The Balaban J connectivity index is 0.000000218. The molecule has 0 unspecified atom stereocenters. The first-order valence-electron chi connectivity index (χ1n) is 8.24. The maximum atomic E-state index is 2.92. The van der Waals surface area contributed by atoms with Gasteiger partial charge in [-0.2, -0.15) is 0 Å². The molecule has 2 aliphatic rings. The standard InChI is InChI=1S/C12H24.C6H7N/c1-2-4-6-8-10-12-11-9-7-5-3-1;1-2-4-6-7-5-3-1/h1-12H2;1-7H. The van der Waals surface area contributed by atoms with E-state index in [-0.39, 0.29) is 0 Å². The molecule has 1 fully saturated rings. The Labute approximate surface area is 119 Å². The lowest BCUT2D eigenvalue weighted by Gasteiger charge is -2.05. The molecule has 1 heterocycles. The topological polar surface area (TPSA) is 12.0 Å². The van der Waals surface area contributed by atoms with Crippen LogP contribution in [0.5, 0.6) is 0 Å². The van der Waals surface area contributed by atoms with Gasteiger partial charge < -0.3 is 5.32 Å². The Morgan fingerprint density at radius 1 is 0.368 bits per heavy atom. The fraction of sp³-hybridized carbons (Fsp3) is 0.667. The minimum atomic E-state index is 1.50. The van der Waals surface area contributed by atoms with Crippen molar-refractivity contribution in [1.29, 1.82) is 0 Å². The Kier molecular flexibility index (Phi) is 11.4. The molecule has 1 saturated carbocycles. The summed E-state index contributed by atoms with van der Waals surface area (Å²) < 4.78 is 0. The van der Waals surface area contributed by atoms with E-state index in [9.17, 15) is 0 Å². The molecule has 19 heavy (non-hydrogen) atoms. The number of allylic oxidation sites excluding steroid dienone is 4. The summed E-state index contributed by atoms with van der Waals surface area (Å²) in [5, 5.41) is 2.92. The monoisotopic (exact) mass is 261 g/mol. The smallest absolute Gasteiger partial charge is 0.000442 e. The van der Waals surface area contributed by atoms with Gasteiger partial charge in [0.05, 0.1) is 0 Å². The Bertz CT molecular complexity index is 206. The van der Waals surface area contributed by atoms with Crippen LogP contribution in [-0.4, -0.2) is 0 Å². The van der Waals surface area contributed by atoms with E-state index in [1.54, 1.807) is 0 Å². The van der Waals surface area contributed by atoms with Gasteiger partial charge in [-0.15, -0.1) is 0 Å². The van der Waals surface area contributed by atoms with Gasteiger partial charge in [-0.1, -0.05) is 89.2 Å². The molecule has 0 bridgehead atoms. The first-order chi connectivity index (χ1) is 9.50. The maximum Gasteiger partial charge on any atom is 0.000442 e. The van der Waals surface area contributed by atoms with Crippen LogP contribution in [-0.2, 0) is 0 Å². The summed E-state index contributed by atoms with van der Waals surface area (Å²) in [6.07, 6.45) is 29.6. The molecule has 0 amide bonds. The second-order valence-corrected chi connectivity index (χ2v) is 5.51. The first kappa shape index (κ1) is 16.1. The van der Waals surface area contributed by atoms with Crippen LogP contribution >= 0.6 is 0 Å². The van der Waals surface area contributed by atoms with Gasteiger partial charge in [0.2, 0.25) is 0 Å². The molecule has 0 radical (unpaired) electrons. The van der Waals surface area contributed by atoms with E-state index in [0.717, 1.165) is 0 Å². The largest absolute Gasteiger partial charge is 0.368 e. The molecule has 2 rings (SSSR count). The van der Waals surface area contributed by atoms with Crippen LogP contribution in [0.3, 0.4) is 0 Å². The van der Waals surface area contributed by atoms with E-state index in [2.05, 4.69) is 5.32 Å². The summed E-state index contributed by atoms with van der Waals surface area (Å²) in [7, 11) is 0. The highest BCUT2D eigenvalue weighted by Gasteiger charge is 1.96. The van der Waals surface area contributed by atoms with E-state index in [0.29, 0.717) is 0 Å². The summed E-state index contributed by atoms with van der Waals surface area (Å²) in [4.78, 5) is 0. The van der Waals surface area contributed by atoms with Crippen molar-refractivity contribution in [2.24, 2.45) is 0 Å². The lowest BCUT2D eigenvalue weighted by atomic mass is 10.0. The fourth-order valence-electron chi connectivity index (χ4n) is 2.53. The molecule has 1 N–H and O–H groups in total. The van der Waals surface area contributed by atoms with E-state index in [1.807, 2.05) is 36.7 Å². The summed E-state index contributed by atoms with van der Waals surface area (Å²) in [5.74, 6) is 0. The first-order valence-corrected chi connectivity index (χ1v) is 8.24. The molecule has 0 atom stereocenters. The van der Waals surface area contributed by atoms with Crippen molar-refractivity contribution in [3.8, 4) is 0 Å². The predicted octanol–water partition coefficient (Wildman–Crippen LogP) is 5.85. The lowest BCUT2D eigenvalue weighted by molar-refractivity contribution is 0.504. The molecule has 0 saturated heterocycles. The van der Waals surface area contributed by atoms with E-state index in [1.165, 1.54) is 77.0 Å². The fourth-order valence-corrected chi connectivity index (χ4v) is 2.53. The average molecular weight is 261 g/mol. The van der Waals surface area contributed by atoms with Crippen molar-refractivity contribution in [3.05, 3.63) is 36.7 Å². The summed E-state index contributed by atoms with van der Waals surface area (Å²) >= 11 is 0. The number of nitrogens with one attached hydrogen (secondary N) is 1. The van der Waals surface area contributed by atoms with Gasteiger partial charge in [0.15, 0.2) is 0 Å². The van der Waals surface area contributed by atoms with E-state index >= 15 is 0 Å². The van der Waals surface area contributed by atoms with Crippen LogP contribution in [0.25, 0.3) is 0 Å². The average Bonchev–Trinajstić information content (AvgIpc) is 2.72. The van der Waals surface area contributed by atoms with Crippen LogP contribution in [0, 0.1) is 0 Å². The van der Waals surface area contributed by atoms with Gasteiger partial charge in [-0.25, -0.2) is 0 Å². The van der Waals surface area contributed by atoms with Crippen molar-refractivity contribution in [3.63, 3.8) is 0 Å². The highest BCUT2D eigenvalue weighted by Crippen LogP contribution is 2.15. The van der Waals surface area contributed by atoms with Crippen molar-refractivity contribution in [2.75, 3.05) is 0 Å². The van der Waals surface area contributed by atoms with Crippen molar-refractivity contribution < 1.29 is 0 Å². The molecular formula is C18H31N. The molecule has 0 aromatic carbocycles. The van der Waals surface area contributed by atoms with Crippen LogP contribution in [0.4, 0.5) is 0 Å². The molecule has 0 spiro atoms. The number of rotatable bonds is 0. The van der Waals surface area contributed by atoms with Crippen LogP contribution in [0.15, 0.2) is 36.7 Å². The molecule has 1 heteroatoms. The van der Waals surface area contributed by atoms with Gasteiger partial charge in [0.1, 0.15) is 0 Å². The normalized spacial score (nSPS) is 21.1. The third-order valence-corrected chi connectivity index (χ3v) is 3.72. The van der Waals surface area contributed by atoms with Gasteiger partial charge >= 0.3 is 0 Å². The molecule has 0 aromatic heterocycles. The van der Waals surface area contributed by atoms with Gasteiger partial charge in [0, 0.05) is 12.4 Å². The summed E-state index contributed by atoms with van der Waals surface area (Å²) in [6.45, 7) is 0. The van der Waals surface area contributed by atoms with Crippen molar-refractivity contribution in [1.82, 2.24) is 5.32 Å². The highest BCUT2D eigenvalue weighted by molar-refractivity contribution is 5.14. The minimum absolute atomic E-state index is 1.50. The van der Waals surface area contributed by atoms with Crippen LogP contribution in [0.1, 0.15) is 77.0 Å². The van der Waals surface area contributed by atoms with Crippen LogP contribution < -0.4 is 5.32 Å². The maximum absolute atomic E-state index is 2.92. The lowest BCUT2D eigenvalue weighted by Crippen LogP contribution is -1.87. The second kappa shape index (κ2) is 13.5. The SMILES string of the molecule is C1=CC=CNC=C1.C1CCCCCCCCCCC1. The number of hydrogen-bond acceptors (Lipinski definition) is 1. The Morgan fingerprint density at radius 3 is 0.895 bits per heavy atom. The summed E-state index contributed by atoms with van der Waals surface area (Å²) in [6, 6.07) is 0. The zero-order valence-electron chi connectivity index (χ0n) is 12.4. The third kappa shape index (κ3) is 11.8. The van der Waals surface area contributed by atoms with E-state index < -0.39 is 0 Å². The highest BCUT2D eigenvalue weighted by atomic mass is 14.8. The number of hydrogen-bond donors (Lipinski definition) is 1. The van der Waals surface area contributed by atoms with Gasteiger partial charge in [-0.3, -0.25) is 0 Å². The van der Waals surface area contributed by atoms with Gasteiger partial charge in [0.25, 0.3) is 0 Å². The van der Waals surface area contributed by atoms with Gasteiger partial charge in [-0.05, 0) is 12.2 Å². The Hall–Kier alpha value is -0.980. The zero-order valence-corrected chi connectivity index (χ0v) is 12.4. The summed E-state index contributed by atoms with van der Waals surface area (Å²) in [5.41, 5.74) is 0. The molecule has 0 aromatic rings.